The lowest BCUT2D eigenvalue weighted by Crippen LogP contribution is -2.46. The summed E-state index contributed by atoms with van der Waals surface area (Å²) in [5.41, 5.74) is 14.7. The van der Waals surface area contributed by atoms with Gasteiger partial charge < -0.3 is 10.5 Å². The fraction of sp³-hybridized carbons (Fsp3) is 0.407. The van der Waals surface area contributed by atoms with Crippen molar-refractivity contribution in [3.63, 3.8) is 0 Å². The zero-order valence-corrected chi connectivity index (χ0v) is 19.8. The Hall–Kier alpha value is -3.00. The Labute approximate surface area is 200 Å². The minimum Gasteiger partial charge on any atom is -0.384 e. The van der Waals surface area contributed by atoms with Gasteiger partial charge in [-0.05, 0) is 35.6 Å². The summed E-state index contributed by atoms with van der Waals surface area (Å²) >= 11 is 0. The molecule has 2 fully saturated rings. The van der Waals surface area contributed by atoms with Crippen LogP contribution in [0.2, 0.25) is 0 Å². The van der Waals surface area contributed by atoms with Gasteiger partial charge in [0.15, 0.2) is 5.65 Å². The van der Waals surface area contributed by atoms with Crippen LogP contribution in [0, 0.1) is 0 Å². The Morgan fingerprint density at radius 3 is 2.71 bits per heavy atom. The predicted molar refractivity (Wildman–Crippen MR) is 135 cm³/mol. The molecule has 2 aliphatic carbocycles. The van der Waals surface area contributed by atoms with E-state index in [4.69, 9.17) is 15.5 Å². The molecule has 7 heteroatoms. The van der Waals surface area contributed by atoms with Crippen molar-refractivity contribution in [2.45, 2.75) is 25.3 Å². The minimum atomic E-state index is 0.544. The molecule has 0 radical (unpaired) electrons. The maximum Gasteiger partial charge on any atom is 0.165 e. The van der Waals surface area contributed by atoms with Crippen LogP contribution < -0.4 is 5.73 Å². The number of aromatic nitrogens is 3. The van der Waals surface area contributed by atoms with E-state index in [1.54, 1.807) is 11.6 Å². The fourth-order valence-electron chi connectivity index (χ4n) is 5.45. The number of ether oxygens (including phenoxy) is 1. The van der Waals surface area contributed by atoms with E-state index in [1.807, 2.05) is 12.3 Å². The average molecular weight is 457 g/mol. The predicted octanol–water partition coefficient (Wildman–Crippen LogP) is 3.43. The number of nitrogens with two attached hydrogens (primary N) is 1. The molecule has 6 rings (SSSR count). The van der Waals surface area contributed by atoms with Crippen LogP contribution in [0.5, 0.6) is 0 Å². The highest BCUT2D eigenvalue weighted by molar-refractivity contribution is 5.94. The average Bonchev–Trinajstić information content (AvgIpc) is 3.21. The van der Waals surface area contributed by atoms with E-state index in [0.29, 0.717) is 11.7 Å². The first-order valence-corrected chi connectivity index (χ1v) is 12.3. The number of rotatable bonds is 6. The van der Waals surface area contributed by atoms with Gasteiger partial charge in [-0.25, -0.2) is 4.98 Å². The number of fused-ring (bicyclic) bond motifs is 4. The van der Waals surface area contributed by atoms with Gasteiger partial charge in [-0.1, -0.05) is 35.9 Å². The lowest BCUT2D eigenvalue weighted by molar-refractivity contribution is 0.0933. The van der Waals surface area contributed by atoms with Gasteiger partial charge in [-0.3, -0.25) is 9.80 Å². The third-order valence-corrected chi connectivity index (χ3v) is 7.52. The molecule has 34 heavy (non-hydrogen) atoms. The number of hydrogen-bond donors (Lipinski definition) is 1. The summed E-state index contributed by atoms with van der Waals surface area (Å²) in [6, 6.07) is 10.7. The van der Waals surface area contributed by atoms with Crippen LogP contribution in [0.15, 0.2) is 48.2 Å². The van der Waals surface area contributed by atoms with Crippen molar-refractivity contribution in [1.29, 1.82) is 0 Å². The molecule has 0 amide bonds. The first-order chi connectivity index (χ1) is 16.7. The molecule has 1 atom stereocenters. The Kier molecular flexibility index (Phi) is 5.69. The van der Waals surface area contributed by atoms with E-state index >= 15 is 0 Å². The zero-order chi connectivity index (χ0) is 23.1. The van der Waals surface area contributed by atoms with E-state index in [9.17, 15) is 0 Å². The van der Waals surface area contributed by atoms with Crippen LogP contribution in [0.4, 0.5) is 5.82 Å². The van der Waals surface area contributed by atoms with Crippen LogP contribution in [0.25, 0.3) is 17.3 Å². The highest BCUT2D eigenvalue weighted by Crippen LogP contribution is 2.47. The number of allylic oxidation sites excluding steroid dienone is 3. The lowest BCUT2D eigenvalue weighted by atomic mass is 9.74. The Morgan fingerprint density at radius 2 is 1.91 bits per heavy atom. The first-order valence-electron chi connectivity index (χ1n) is 12.3. The van der Waals surface area contributed by atoms with E-state index in [2.05, 4.69) is 51.3 Å². The van der Waals surface area contributed by atoms with E-state index < -0.39 is 0 Å². The Morgan fingerprint density at radius 1 is 1.09 bits per heavy atom. The summed E-state index contributed by atoms with van der Waals surface area (Å²) < 4.78 is 7.00. The van der Waals surface area contributed by atoms with Crippen LogP contribution in [0.1, 0.15) is 41.1 Å². The van der Waals surface area contributed by atoms with Gasteiger partial charge in [0.2, 0.25) is 0 Å². The SMILES string of the molecule is COCCN1CCN(Cc2cc(N)n3ncc(C4=Cc5ccccc5C5CCC5=C4)c3n2)CC1. The van der Waals surface area contributed by atoms with Crippen LogP contribution in [0.3, 0.4) is 0 Å². The molecule has 176 valence electrons. The third kappa shape index (κ3) is 3.94. The van der Waals surface area contributed by atoms with Crippen molar-refractivity contribution in [1.82, 2.24) is 24.4 Å². The van der Waals surface area contributed by atoms with Gasteiger partial charge in [-0.2, -0.15) is 9.61 Å². The molecule has 1 aliphatic heterocycles. The fourth-order valence-corrected chi connectivity index (χ4v) is 5.45. The number of hydrogen-bond acceptors (Lipinski definition) is 6. The molecule has 1 saturated carbocycles. The third-order valence-electron chi connectivity index (χ3n) is 7.52. The monoisotopic (exact) mass is 456 g/mol. The summed E-state index contributed by atoms with van der Waals surface area (Å²) in [5.74, 6) is 1.18. The quantitative estimate of drug-likeness (QED) is 0.613. The van der Waals surface area contributed by atoms with Gasteiger partial charge in [0.1, 0.15) is 5.82 Å². The maximum atomic E-state index is 6.43. The van der Waals surface area contributed by atoms with Crippen LogP contribution >= 0.6 is 0 Å². The molecule has 3 heterocycles. The molecule has 2 aromatic heterocycles. The summed E-state index contributed by atoms with van der Waals surface area (Å²) in [6.45, 7) is 6.75. The standard InChI is InChI=1S/C27H32N6O/c1-34-13-12-31-8-10-32(11-9-31)18-22-16-26(28)33-27(30-22)25(17-29-33)21-14-19-4-2-3-5-23(19)24-7-6-20(24)15-21/h2-5,14-17,24H,6-13,18,28H2,1H3. The summed E-state index contributed by atoms with van der Waals surface area (Å²) in [7, 11) is 1.76. The molecular weight excluding hydrogens is 424 g/mol. The number of benzene rings is 1. The molecule has 1 unspecified atom stereocenters. The van der Waals surface area contributed by atoms with E-state index in [-0.39, 0.29) is 0 Å². The number of methoxy groups -OCH3 is 1. The highest BCUT2D eigenvalue weighted by Gasteiger charge is 2.30. The largest absolute Gasteiger partial charge is 0.384 e. The van der Waals surface area contributed by atoms with Gasteiger partial charge in [0, 0.05) is 63.9 Å². The van der Waals surface area contributed by atoms with Gasteiger partial charge in [0.25, 0.3) is 0 Å². The molecular formula is C27H32N6O. The van der Waals surface area contributed by atoms with Crippen molar-refractivity contribution in [3.05, 3.63) is 70.6 Å². The molecule has 3 aromatic rings. The van der Waals surface area contributed by atoms with E-state index in [0.717, 1.165) is 69.2 Å². The normalized spacial score (nSPS) is 20.8. The van der Waals surface area contributed by atoms with Crippen LogP contribution in [-0.4, -0.2) is 70.8 Å². The number of piperazine rings is 1. The number of nitrogens with zero attached hydrogens (tertiary/aromatic N) is 5. The summed E-state index contributed by atoms with van der Waals surface area (Å²) in [5, 5.41) is 4.60. The molecule has 0 bridgehead atoms. The minimum absolute atomic E-state index is 0.544. The second-order valence-electron chi connectivity index (χ2n) is 9.62. The van der Waals surface area contributed by atoms with Gasteiger partial charge in [-0.15, -0.1) is 0 Å². The lowest BCUT2D eigenvalue weighted by Gasteiger charge is -2.34. The second-order valence-corrected chi connectivity index (χ2v) is 9.62. The molecule has 0 spiro atoms. The smallest absolute Gasteiger partial charge is 0.165 e. The highest BCUT2D eigenvalue weighted by atomic mass is 16.5. The molecule has 2 N–H and O–H groups in total. The number of anilines is 1. The Balaban J connectivity index is 1.29. The van der Waals surface area contributed by atoms with Crippen molar-refractivity contribution < 1.29 is 4.74 Å². The Bertz CT molecular complexity index is 1270. The second kappa shape index (κ2) is 8.98. The van der Waals surface area contributed by atoms with Crippen molar-refractivity contribution in [2.75, 3.05) is 52.2 Å². The topological polar surface area (TPSA) is 71.9 Å². The van der Waals surface area contributed by atoms with Crippen molar-refractivity contribution in [2.24, 2.45) is 0 Å². The number of nitrogen functional groups attached to an aromatic ring is 1. The van der Waals surface area contributed by atoms with Crippen molar-refractivity contribution in [3.8, 4) is 0 Å². The van der Waals surface area contributed by atoms with Gasteiger partial charge in [0.05, 0.1) is 18.5 Å². The molecule has 1 aromatic carbocycles. The summed E-state index contributed by atoms with van der Waals surface area (Å²) in [4.78, 5) is 9.97. The molecule has 7 nitrogen and oxygen atoms in total. The summed E-state index contributed by atoms with van der Waals surface area (Å²) in [6.07, 6.45) is 8.96. The van der Waals surface area contributed by atoms with Crippen molar-refractivity contribution >= 4 is 23.1 Å². The maximum absolute atomic E-state index is 6.43. The first kappa shape index (κ1) is 21.5. The zero-order valence-electron chi connectivity index (χ0n) is 19.8. The molecule has 3 aliphatic rings. The molecule has 1 saturated heterocycles. The van der Waals surface area contributed by atoms with E-state index in [1.165, 1.54) is 28.7 Å². The van der Waals surface area contributed by atoms with Crippen LogP contribution in [-0.2, 0) is 11.3 Å². The van der Waals surface area contributed by atoms with Gasteiger partial charge >= 0.3 is 0 Å².